The van der Waals surface area contributed by atoms with Crippen molar-refractivity contribution < 1.29 is 0 Å². The highest BCUT2D eigenvalue weighted by atomic mass is 16.1. The SMILES string of the molecule is CC(C)(C)n1c(C2CCC2)ccc(CN)c1=O. The third-order valence-electron chi connectivity index (χ3n) is 3.61. The summed E-state index contributed by atoms with van der Waals surface area (Å²) in [7, 11) is 0. The van der Waals surface area contributed by atoms with Crippen LogP contribution in [0, 0.1) is 0 Å². The van der Waals surface area contributed by atoms with Crippen LogP contribution in [0.4, 0.5) is 0 Å². The Balaban J connectivity index is 2.59. The zero-order chi connectivity index (χ0) is 12.6. The smallest absolute Gasteiger partial charge is 0.255 e. The highest BCUT2D eigenvalue weighted by molar-refractivity contribution is 5.22. The van der Waals surface area contributed by atoms with E-state index >= 15 is 0 Å². The topological polar surface area (TPSA) is 48.0 Å². The van der Waals surface area contributed by atoms with Crippen molar-refractivity contribution >= 4 is 0 Å². The summed E-state index contributed by atoms with van der Waals surface area (Å²) in [6.45, 7) is 6.56. The van der Waals surface area contributed by atoms with Crippen molar-refractivity contribution in [3.8, 4) is 0 Å². The third kappa shape index (κ3) is 2.16. The van der Waals surface area contributed by atoms with E-state index < -0.39 is 0 Å². The van der Waals surface area contributed by atoms with E-state index in [9.17, 15) is 4.79 Å². The Morgan fingerprint density at radius 1 is 1.35 bits per heavy atom. The lowest BCUT2D eigenvalue weighted by molar-refractivity contribution is 0.323. The minimum absolute atomic E-state index is 0.0874. The molecule has 0 atom stereocenters. The fourth-order valence-electron chi connectivity index (χ4n) is 2.46. The molecule has 17 heavy (non-hydrogen) atoms. The molecule has 1 fully saturated rings. The first kappa shape index (κ1) is 12.4. The quantitative estimate of drug-likeness (QED) is 0.853. The lowest BCUT2D eigenvalue weighted by Gasteiger charge is -2.34. The average Bonchev–Trinajstić information content (AvgIpc) is 2.13. The Labute approximate surface area is 103 Å². The zero-order valence-corrected chi connectivity index (χ0v) is 11.0. The van der Waals surface area contributed by atoms with Crippen LogP contribution < -0.4 is 11.3 Å². The zero-order valence-electron chi connectivity index (χ0n) is 11.0. The minimum Gasteiger partial charge on any atom is -0.326 e. The second kappa shape index (κ2) is 4.30. The molecule has 1 aliphatic carbocycles. The van der Waals surface area contributed by atoms with Gasteiger partial charge in [0, 0.05) is 23.3 Å². The normalized spacial score (nSPS) is 16.9. The molecule has 0 spiro atoms. The van der Waals surface area contributed by atoms with Gasteiger partial charge in [0.2, 0.25) is 0 Å². The number of rotatable bonds is 2. The summed E-state index contributed by atoms with van der Waals surface area (Å²) in [5, 5.41) is 0. The van der Waals surface area contributed by atoms with Gasteiger partial charge in [-0.3, -0.25) is 4.79 Å². The third-order valence-corrected chi connectivity index (χ3v) is 3.61. The van der Waals surface area contributed by atoms with Crippen molar-refractivity contribution in [3.05, 3.63) is 33.7 Å². The molecule has 2 rings (SSSR count). The van der Waals surface area contributed by atoms with Crippen LogP contribution in [-0.2, 0) is 12.1 Å². The molecule has 0 amide bonds. The molecular formula is C14H22N2O. The highest BCUT2D eigenvalue weighted by Gasteiger charge is 2.27. The lowest BCUT2D eigenvalue weighted by Crippen LogP contribution is -2.39. The van der Waals surface area contributed by atoms with Gasteiger partial charge in [0.15, 0.2) is 0 Å². The molecule has 0 aromatic carbocycles. The Morgan fingerprint density at radius 2 is 2.00 bits per heavy atom. The van der Waals surface area contributed by atoms with Gasteiger partial charge in [0.1, 0.15) is 0 Å². The maximum Gasteiger partial charge on any atom is 0.255 e. The van der Waals surface area contributed by atoms with Crippen LogP contribution in [0.15, 0.2) is 16.9 Å². The molecule has 1 aromatic heterocycles. The largest absolute Gasteiger partial charge is 0.326 e. The van der Waals surface area contributed by atoms with Crippen molar-refractivity contribution in [3.63, 3.8) is 0 Å². The number of aromatic nitrogens is 1. The fraction of sp³-hybridized carbons (Fsp3) is 0.643. The van der Waals surface area contributed by atoms with E-state index in [-0.39, 0.29) is 11.1 Å². The van der Waals surface area contributed by atoms with Crippen molar-refractivity contribution in [1.29, 1.82) is 0 Å². The number of pyridine rings is 1. The van der Waals surface area contributed by atoms with Gasteiger partial charge >= 0.3 is 0 Å². The summed E-state index contributed by atoms with van der Waals surface area (Å²) in [6.07, 6.45) is 3.69. The van der Waals surface area contributed by atoms with Crippen LogP contribution in [-0.4, -0.2) is 4.57 Å². The predicted octanol–water partition coefficient (Wildman–Crippen LogP) is 2.33. The summed E-state index contributed by atoms with van der Waals surface area (Å²) in [6, 6.07) is 4.00. The van der Waals surface area contributed by atoms with E-state index in [4.69, 9.17) is 5.73 Å². The van der Waals surface area contributed by atoms with Gasteiger partial charge in [-0.2, -0.15) is 0 Å². The molecular weight excluding hydrogens is 212 g/mol. The first-order valence-electron chi connectivity index (χ1n) is 6.40. The second-order valence-corrected chi connectivity index (χ2v) is 5.93. The number of hydrogen-bond acceptors (Lipinski definition) is 2. The molecule has 2 N–H and O–H groups in total. The standard InChI is InChI=1S/C14H22N2O/c1-14(2,3)16-12(10-5-4-6-10)8-7-11(9-15)13(16)17/h7-8,10H,4-6,9,15H2,1-3H3. The predicted molar refractivity (Wildman–Crippen MR) is 70.2 cm³/mol. The molecule has 0 radical (unpaired) electrons. The lowest BCUT2D eigenvalue weighted by atomic mass is 9.81. The maximum atomic E-state index is 12.4. The Morgan fingerprint density at radius 3 is 2.41 bits per heavy atom. The molecule has 0 unspecified atom stereocenters. The molecule has 1 aliphatic rings. The van der Waals surface area contributed by atoms with Gasteiger partial charge in [0.25, 0.3) is 5.56 Å². The minimum atomic E-state index is -0.173. The van der Waals surface area contributed by atoms with Gasteiger partial charge in [-0.1, -0.05) is 12.5 Å². The van der Waals surface area contributed by atoms with Crippen molar-refractivity contribution in [2.75, 3.05) is 0 Å². The van der Waals surface area contributed by atoms with Crippen LogP contribution in [0.25, 0.3) is 0 Å². The molecule has 3 nitrogen and oxygen atoms in total. The molecule has 0 saturated heterocycles. The van der Waals surface area contributed by atoms with E-state index in [1.54, 1.807) is 0 Å². The molecule has 0 aliphatic heterocycles. The van der Waals surface area contributed by atoms with Crippen molar-refractivity contribution in [2.24, 2.45) is 5.73 Å². The number of hydrogen-bond donors (Lipinski definition) is 1. The van der Waals surface area contributed by atoms with Crippen LogP contribution in [0.5, 0.6) is 0 Å². The Bertz CT molecular complexity index is 464. The summed E-state index contributed by atoms with van der Waals surface area (Å²) in [5.41, 5.74) is 7.43. The van der Waals surface area contributed by atoms with Gasteiger partial charge < -0.3 is 10.3 Å². The highest BCUT2D eigenvalue weighted by Crippen LogP contribution is 2.37. The summed E-state index contributed by atoms with van der Waals surface area (Å²) < 4.78 is 1.94. The fourth-order valence-corrected chi connectivity index (χ4v) is 2.46. The van der Waals surface area contributed by atoms with Gasteiger partial charge in [0.05, 0.1) is 0 Å². The monoisotopic (exact) mass is 234 g/mol. The molecule has 1 aromatic rings. The molecule has 0 bridgehead atoms. The Kier molecular flexibility index (Phi) is 3.13. The molecule has 94 valence electrons. The summed E-state index contributed by atoms with van der Waals surface area (Å²) in [4.78, 5) is 12.4. The van der Waals surface area contributed by atoms with Crippen LogP contribution in [0.3, 0.4) is 0 Å². The van der Waals surface area contributed by atoms with Crippen molar-refractivity contribution in [2.45, 2.75) is 58.0 Å². The van der Waals surface area contributed by atoms with E-state index in [1.165, 1.54) is 25.0 Å². The first-order valence-corrected chi connectivity index (χ1v) is 6.40. The molecule has 1 heterocycles. The van der Waals surface area contributed by atoms with E-state index in [0.717, 1.165) is 0 Å². The van der Waals surface area contributed by atoms with Gasteiger partial charge in [-0.15, -0.1) is 0 Å². The van der Waals surface area contributed by atoms with Gasteiger partial charge in [-0.05, 0) is 45.6 Å². The Hall–Kier alpha value is -1.09. The number of nitrogens with two attached hydrogens (primary N) is 1. The maximum absolute atomic E-state index is 12.4. The van der Waals surface area contributed by atoms with Gasteiger partial charge in [-0.25, -0.2) is 0 Å². The summed E-state index contributed by atoms with van der Waals surface area (Å²) >= 11 is 0. The van der Waals surface area contributed by atoms with E-state index in [0.29, 0.717) is 18.0 Å². The average molecular weight is 234 g/mol. The van der Waals surface area contributed by atoms with Crippen molar-refractivity contribution in [1.82, 2.24) is 4.57 Å². The number of nitrogens with zero attached hydrogens (tertiary/aromatic N) is 1. The summed E-state index contributed by atoms with van der Waals surface area (Å²) in [5.74, 6) is 0.564. The van der Waals surface area contributed by atoms with Crippen LogP contribution in [0.1, 0.15) is 57.2 Å². The second-order valence-electron chi connectivity index (χ2n) is 5.93. The van der Waals surface area contributed by atoms with E-state index in [1.807, 2.05) is 10.6 Å². The van der Waals surface area contributed by atoms with Crippen LogP contribution >= 0.6 is 0 Å². The molecule has 3 heteroatoms. The molecule has 1 saturated carbocycles. The van der Waals surface area contributed by atoms with Crippen LogP contribution in [0.2, 0.25) is 0 Å². The van der Waals surface area contributed by atoms with E-state index in [2.05, 4.69) is 26.8 Å². The first-order chi connectivity index (χ1) is 7.95.